The molecule has 1 amide bonds. The van der Waals surface area contributed by atoms with Crippen molar-refractivity contribution in [2.45, 2.75) is 38.6 Å². The maximum absolute atomic E-state index is 12.0. The molecule has 0 unspecified atom stereocenters. The van der Waals surface area contributed by atoms with E-state index in [1.165, 1.54) is 13.0 Å². The zero-order valence-electron chi connectivity index (χ0n) is 16.5. The van der Waals surface area contributed by atoms with Crippen molar-refractivity contribution >= 4 is 35.8 Å². The fourth-order valence-corrected chi connectivity index (χ4v) is 3.19. The van der Waals surface area contributed by atoms with Crippen molar-refractivity contribution in [1.82, 2.24) is 20.9 Å². The Bertz CT molecular complexity index is 559. The maximum Gasteiger partial charge on any atom is 0.251 e. The number of amides is 1. The van der Waals surface area contributed by atoms with E-state index in [1.54, 1.807) is 7.05 Å². The van der Waals surface area contributed by atoms with Gasteiger partial charge in [0.1, 0.15) is 0 Å². The van der Waals surface area contributed by atoms with Gasteiger partial charge in [-0.05, 0) is 44.4 Å². The SMILES string of the molecule is CCCN1CCC(NC(=NC)NCCCNC(=O)c2ccccc2)CC1.I. The van der Waals surface area contributed by atoms with Crippen LogP contribution in [0.3, 0.4) is 0 Å². The summed E-state index contributed by atoms with van der Waals surface area (Å²) in [5, 5.41) is 9.80. The van der Waals surface area contributed by atoms with Crippen LogP contribution < -0.4 is 16.0 Å². The van der Waals surface area contributed by atoms with Crippen LogP contribution in [0, 0.1) is 0 Å². The minimum Gasteiger partial charge on any atom is -0.356 e. The second-order valence-electron chi connectivity index (χ2n) is 6.73. The van der Waals surface area contributed by atoms with E-state index in [0.29, 0.717) is 18.2 Å². The summed E-state index contributed by atoms with van der Waals surface area (Å²) in [6.45, 7) is 7.19. The topological polar surface area (TPSA) is 68.8 Å². The van der Waals surface area contributed by atoms with Gasteiger partial charge in [-0.1, -0.05) is 25.1 Å². The molecular weight excluding hydrogens is 453 g/mol. The number of guanidine groups is 1. The molecule has 0 aliphatic carbocycles. The van der Waals surface area contributed by atoms with Gasteiger partial charge >= 0.3 is 0 Å². The fraction of sp³-hybridized carbons (Fsp3) is 0.600. The normalized spacial score (nSPS) is 15.7. The average Bonchev–Trinajstić information content (AvgIpc) is 2.69. The summed E-state index contributed by atoms with van der Waals surface area (Å²) in [4.78, 5) is 18.8. The smallest absolute Gasteiger partial charge is 0.251 e. The van der Waals surface area contributed by atoms with Crippen molar-refractivity contribution in [2.75, 3.05) is 39.8 Å². The molecule has 0 spiro atoms. The highest BCUT2D eigenvalue weighted by Gasteiger charge is 2.19. The quantitative estimate of drug-likeness (QED) is 0.228. The van der Waals surface area contributed by atoms with Crippen molar-refractivity contribution < 1.29 is 4.79 Å². The largest absolute Gasteiger partial charge is 0.356 e. The molecule has 2 rings (SSSR count). The van der Waals surface area contributed by atoms with E-state index in [4.69, 9.17) is 0 Å². The number of likely N-dealkylation sites (tertiary alicyclic amines) is 1. The van der Waals surface area contributed by atoms with Crippen molar-refractivity contribution in [3.05, 3.63) is 35.9 Å². The number of halogens is 1. The van der Waals surface area contributed by atoms with E-state index in [9.17, 15) is 4.79 Å². The van der Waals surface area contributed by atoms with Crippen LogP contribution in [-0.2, 0) is 0 Å². The number of aliphatic imine (C=N–C) groups is 1. The van der Waals surface area contributed by atoms with Crippen LogP contribution in [0.5, 0.6) is 0 Å². The molecule has 0 bridgehead atoms. The Labute approximate surface area is 180 Å². The minimum absolute atomic E-state index is 0. The van der Waals surface area contributed by atoms with Crippen LogP contribution in [0.15, 0.2) is 35.3 Å². The Kier molecular flexibility index (Phi) is 12.1. The third-order valence-electron chi connectivity index (χ3n) is 4.66. The maximum atomic E-state index is 12.0. The number of hydrogen-bond acceptors (Lipinski definition) is 3. The zero-order chi connectivity index (χ0) is 18.6. The summed E-state index contributed by atoms with van der Waals surface area (Å²) in [5.74, 6) is 0.834. The summed E-state index contributed by atoms with van der Waals surface area (Å²) in [6.07, 6.45) is 4.40. The molecule has 152 valence electrons. The first-order valence-corrected chi connectivity index (χ1v) is 9.75. The number of piperidine rings is 1. The number of hydrogen-bond donors (Lipinski definition) is 3. The Morgan fingerprint density at radius 2 is 1.81 bits per heavy atom. The highest BCUT2D eigenvalue weighted by molar-refractivity contribution is 14.0. The summed E-state index contributed by atoms with van der Waals surface area (Å²) in [7, 11) is 1.80. The number of nitrogens with zero attached hydrogens (tertiary/aromatic N) is 2. The standard InChI is InChI=1S/C20H33N5O.HI/c1-3-14-25-15-10-18(11-16-25)24-20(21-2)23-13-7-12-22-19(26)17-8-5-4-6-9-17;/h4-6,8-9,18H,3,7,10-16H2,1-2H3,(H,22,26)(H2,21,23,24);1H. The molecule has 1 aromatic carbocycles. The Balaban J connectivity index is 0.00000364. The van der Waals surface area contributed by atoms with Gasteiger partial charge in [0, 0.05) is 44.8 Å². The van der Waals surface area contributed by atoms with E-state index in [0.717, 1.165) is 44.9 Å². The predicted octanol–water partition coefficient (Wildman–Crippen LogP) is 2.46. The second-order valence-corrected chi connectivity index (χ2v) is 6.73. The third-order valence-corrected chi connectivity index (χ3v) is 4.66. The summed E-state index contributed by atoms with van der Waals surface area (Å²) < 4.78 is 0. The number of carbonyl (C=O) groups is 1. The minimum atomic E-state index is -0.0213. The molecular formula is C20H34IN5O. The Morgan fingerprint density at radius 1 is 1.15 bits per heavy atom. The van der Waals surface area contributed by atoms with E-state index in [1.807, 2.05) is 30.3 Å². The molecule has 1 fully saturated rings. The summed E-state index contributed by atoms with van der Waals surface area (Å²) in [6, 6.07) is 9.80. The average molecular weight is 487 g/mol. The summed E-state index contributed by atoms with van der Waals surface area (Å²) >= 11 is 0. The molecule has 0 aromatic heterocycles. The molecule has 1 heterocycles. The van der Waals surface area contributed by atoms with Crippen LogP contribution >= 0.6 is 24.0 Å². The van der Waals surface area contributed by atoms with Crippen LogP contribution in [-0.4, -0.2) is 62.6 Å². The van der Waals surface area contributed by atoms with Crippen LogP contribution in [0.4, 0.5) is 0 Å². The van der Waals surface area contributed by atoms with Gasteiger partial charge in [-0.15, -0.1) is 24.0 Å². The van der Waals surface area contributed by atoms with E-state index < -0.39 is 0 Å². The lowest BCUT2D eigenvalue weighted by Crippen LogP contribution is -2.49. The highest BCUT2D eigenvalue weighted by Crippen LogP contribution is 2.10. The van der Waals surface area contributed by atoms with E-state index >= 15 is 0 Å². The molecule has 1 saturated heterocycles. The first-order valence-electron chi connectivity index (χ1n) is 9.75. The molecule has 1 aliphatic heterocycles. The van der Waals surface area contributed by atoms with Crippen LogP contribution in [0.1, 0.15) is 43.0 Å². The zero-order valence-corrected chi connectivity index (χ0v) is 18.9. The van der Waals surface area contributed by atoms with Gasteiger partial charge in [-0.3, -0.25) is 9.79 Å². The Hall–Kier alpha value is -1.35. The van der Waals surface area contributed by atoms with Gasteiger partial charge in [-0.25, -0.2) is 0 Å². The monoisotopic (exact) mass is 487 g/mol. The van der Waals surface area contributed by atoms with Gasteiger partial charge in [0.2, 0.25) is 0 Å². The lowest BCUT2D eigenvalue weighted by Gasteiger charge is -2.32. The molecule has 6 nitrogen and oxygen atoms in total. The van der Waals surface area contributed by atoms with Crippen molar-refractivity contribution in [2.24, 2.45) is 4.99 Å². The van der Waals surface area contributed by atoms with Crippen LogP contribution in [0.2, 0.25) is 0 Å². The van der Waals surface area contributed by atoms with Crippen molar-refractivity contribution in [1.29, 1.82) is 0 Å². The molecule has 1 aromatic rings. The summed E-state index contributed by atoms with van der Waals surface area (Å²) in [5.41, 5.74) is 0.701. The number of carbonyl (C=O) groups excluding carboxylic acids is 1. The van der Waals surface area contributed by atoms with Gasteiger partial charge in [0.05, 0.1) is 0 Å². The Morgan fingerprint density at radius 3 is 2.44 bits per heavy atom. The van der Waals surface area contributed by atoms with Crippen molar-refractivity contribution in [3.8, 4) is 0 Å². The molecule has 0 saturated carbocycles. The molecule has 1 aliphatic rings. The lowest BCUT2D eigenvalue weighted by atomic mass is 10.1. The van der Waals surface area contributed by atoms with Crippen LogP contribution in [0.25, 0.3) is 0 Å². The lowest BCUT2D eigenvalue weighted by molar-refractivity contribution is 0.0953. The molecule has 27 heavy (non-hydrogen) atoms. The van der Waals surface area contributed by atoms with Gasteiger partial charge < -0.3 is 20.9 Å². The molecule has 0 radical (unpaired) electrons. The fourth-order valence-electron chi connectivity index (χ4n) is 3.19. The highest BCUT2D eigenvalue weighted by atomic mass is 127. The van der Waals surface area contributed by atoms with Gasteiger partial charge in [-0.2, -0.15) is 0 Å². The van der Waals surface area contributed by atoms with E-state index in [-0.39, 0.29) is 29.9 Å². The number of nitrogens with one attached hydrogen (secondary N) is 3. The number of benzene rings is 1. The first-order chi connectivity index (χ1) is 12.7. The predicted molar refractivity (Wildman–Crippen MR) is 123 cm³/mol. The van der Waals surface area contributed by atoms with Crippen molar-refractivity contribution in [3.63, 3.8) is 0 Å². The first kappa shape index (κ1) is 23.7. The van der Waals surface area contributed by atoms with Gasteiger partial charge in [0.25, 0.3) is 5.91 Å². The van der Waals surface area contributed by atoms with E-state index in [2.05, 4.69) is 32.8 Å². The van der Waals surface area contributed by atoms with Gasteiger partial charge in [0.15, 0.2) is 5.96 Å². The number of rotatable bonds is 8. The second kappa shape index (κ2) is 13.8. The molecule has 0 atom stereocenters. The molecule has 3 N–H and O–H groups in total. The molecule has 7 heteroatoms. The third kappa shape index (κ3) is 8.92.